The molecule has 0 amide bonds. The third kappa shape index (κ3) is 5.23. The van der Waals surface area contributed by atoms with E-state index < -0.39 is 0 Å². The first kappa shape index (κ1) is 12.9. The second-order valence-corrected chi connectivity index (χ2v) is 5.28. The molecule has 0 N–H and O–H groups in total. The maximum atomic E-state index is 3.95. The molecule has 0 bridgehead atoms. The summed E-state index contributed by atoms with van der Waals surface area (Å²) in [5, 5.41) is 1.40. The Labute approximate surface area is 84.6 Å². The molecule has 0 heterocycles. The topological polar surface area (TPSA) is 3.24 Å². The van der Waals surface area contributed by atoms with E-state index >= 15 is 0 Å². The Morgan fingerprint density at radius 3 is 2.38 bits per heavy atom. The third-order valence-corrected chi connectivity index (χ3v) is 3.75. The predicted molar refractivity (Wildman–Crippen MR) is 64.8 cm³/mol. The van der Waals surface area contributed by atoms with Crippen LogP contribution in [0.25, 0.3) is 0 Å². The predicted octanol–water partition coefficient (Wildman–Crippen LogP) is 3.39. The van der Waals surface area contributed by atoms with Crippen LogP contribution in [-0.2, 0) is 0 Å². The average Bonchev–Trinajstić information content (AvgIpc) is 2.04. The van der Waals surface area contributed by atoms with Crippen LogP contribution in [0.1, 0.15) is 34.1 Å². The molecule has 0 aliphatic rings. The van der Waals surface area contributed by atoms with Crippen molar-refractivity contribution in [3.63, 3.8) is 0 Å². The Morgan fingerprint density at radius 2 is 2.00 bits per heavy atom. The normalized spacial score (nSPS) is 14.8. The van der Waals surface area contributed by atoms with E-state index in [0.29, 0.717) is 5.78 Å². The Morgan fingerprint density at radius 1 is 1.46 bits per heavy atom. The van der Waals surface area contributed by atoms with Crippen molar-refractivity contribution in [2.24, 2.45) is 0 Å². The van der Waals surface area contributed by atoms with Crippen LogP contribution in [-0.4, -0.2) is 29.6 Å². The smallest absolute Gasteiger partial charge is 0.0488 e. The molecule has 13 heavy (non-hydrogen) atoms. The molecule has 2 heteroatoms. The zero-order valence-electron chi connectivity index (χ0n) is 9.59. The molecule has 0 aliphatic carbocycles. The fraction of sp³-hybridized carbons (Fsp3) is 0.727. The van der Waals surface area contributed by atoms with E-state index in [9.17, 15) is 0 Å². The van der Waals surface area contributed by atoms with Crippen molar-refractivity contribution in [2.45, 2.75) is 39.9 Å². The molecule has 0 aliphatic heterocycles. The maximum Gasteiger partial charge on any atom is 0.0488 e. The van der Waals surface area contributed by atoms with Gasteiger partial charge in [0, 0.05) is 5.78 Å². The van der Waals surface area contributed by atoms with Gasteiger partial charge in [-0.25, -0.2) is 0 Å². The van der Waals surface area contributed by atoms with E-state index in [1.54, 1.807) is 0 Å². The summed E-state index contributed by atoms with van der Waals surface area (Å²) in [5.41, 5.74) is 1.21. The van der Waals surface area contributed by atoms with Crippen molar-refractivity contribution in [3.8, 4) is 0 Å². The van der Waals surface area contributed by atoms with Gasteiger partial charge >= 0.3 is 0 Å². The van der Waals surface area contributed by atoms with Crippen LogP contribution in [0.5, 0.6) is 0 Å². The van der Waals surface area contributed by atoms with Gasteiger partial charge in [-0.3, -0.25) is 4.90 Å². The van der Waals surface area contributed by atoms with Gasteiger partial charge in [-0.15, -0.1) is 0 Å². The summed E-state index contributed by atoms with van der Waals surface area (Å²) in [6.45, 7) is 13.9. The summed E-state index contributed by atoms with van der Waals surface area (Å²) in [7, 11) is 3.58. The van der Waals surface area contributed by atoms with E-state index in [-0.39, 0.29) is 0 Å². The molecule has 0 fully saturated rings. The van der Waals surface area contributed by atoms with Gasteiger partial charge in [0.15, 0.2) is 0 Å². The van der Waals surface area contributed by atoms with Gasteiger partial charge in [0.05, 0.1) is 0 Å². The fourth-order valence-corrected chi connectivity index (χ4v) is 2.12. The first-order chi connectivity index (χ1) is 5.99. The fourth-order valence-electron chi connectivity index (χ4n) is 1.03. The van der Waals surface area contributed by atoms with E-state index in [1.165, 1.54) is 32.0 Å². The van der Waals surface area contributed by atoms with Crippen molar-refractivity contribution < 1.29 is 0 Å². The largest absolute Gasteiger partial charge is 0.296 e. The summed E-state index contributed by atoms with van der Waals surface area (Å²) < 4.78 is 0. The highest BCUT2D eigenvalue weighted by atomic mass is 31.1. The van der Waals surface area contributed by atoms with Crippen LogP contribution >= 0.6 is 8.20 Å². The molecule has 1 atom stereocenters. The summed E-state index contributed by atoms with van der Waals surface area (Å²) in [5.74, 6) is 0.608. The lowest BCUT2D eigenvalue weighted by Crippen LogP contribution is -2.25. The van der Waals surface area contributed by atoms with Crippen LogP contribution in [0.15, 0.2) is 12.2 Å². The molecular formula is C11H22NP. The number of hydrogen-bond donors (Lipinski definition) is 0. The highest BCUT2D eigenvalue weighted by Crippen LogP contribution is 2.16. The van der Waals surface area contributed by atoms with Crippen LogP contribution in [0.2, 0.25) is 0 Å². The van der Waals surface area contributed by atoms with E-state index in [0.717, 1.165) is 0 Å². The molecule has 0 aromatic rings. The highest BCUT2D eigenvalue weighted by Gasteiger charge is 2.05. The van der Waals surface area contributed by atoms with Gasteiger partial charge in [0.1, 0.15) is 0 Å². The number of allylic oxidation sites excluding steroid dienone is 1. The van der Waals surface area contributed by atoms with Crippen molar-refractivity contribution in [1.29, 1.82) is 0 Å². The van der Waals surface area contributed by atoms with Crippen molar-refractivity contribution >= 4 is 13.5 Å². The molecule has 0 saturated heterocycles. The molecule has 0 saturated carbocycles. The standard InChI is InChI=1S/C11H22NP/c1-7-8-12(6)11(5)13-10(4)9(2)3/h11H,2,7-8H2,1,3-6H3. The molecule has 76 valence electrons. The van der Waals surface area contributed by atoms with Gasteiger partial charge in [-0.2, -0.15) is 0 Å². The quantitative estimate of drug-likeness (QED) is 0.613. The molecule has 0 rings (SSSR count). The second kappa shape index (κ2) is 6.34. The summed E-state index contributed by atoms with van der Waals surface area (Å²) in [6, 6.07) is 0. The Kier molecular flexibility index (Phi) is 6.28. The summed E-state index contributed by atoms with van der Waals surface area (Å²) in [6.07, 6.45) is 1.22. The number of rotatable bonds is 5. The third-order valence-electron chi connectivity index (χ3n) is 2.21. The molecule has 0 spiro atoms. The summed E-state index contributed by atoms with van der Waals surface area (Å²) in [4.78, 5) is 2.40. The van der Waals surface area contributed by atoms with Gasteiger partial charge < -0.3 is 0 Å². The minimum atomic E-state index is 0.608. The average molecular weight is 199 g/mol. The van der Waals surface area contributed by atoms with Gasteiger partial charge in [-0.05, 0) is 46.1 Å². The Balaban J connectivity index is 4.19. The van der Waals surface area contributed by atoms with Gasteiger partial charge in [0.25, 0.3) is 0 Å². The first-order valence-corrected chi connectivity index (χ1v) is 5.86. The van der Waals surface area contributed by atoms with Gasteiger partial charge in [-0.1, -0.05) is 27.3 Å². The molecular weight excluding hydrogens is 177 g/mol. The van der Waals surface area contributed by atoms with Crippen molar-refractivity contribution in [3.05, 3.63) is 12.2 Å². The minimum absolute atomic E-state index is 0.608. The number of hydrogen-bond acceptors (Lipinski definition) is 1. The lowest BCUT2D eigenvalue weighted by Gasteiger charge is -2.21. The Hall–Kier alpha value is -0.130. The van der Waals surface area contributed by atoms with Crippen LogP contribution in [0.3, 0.4) is 0 Å². The van der Waals surface area contributed by atoms with Crippen molar-refractivity contribution in [2.75, 3.05) is 13.6 Å². The molecule has 1 nitrogen and oxygen atoms in total. The highest BCUT2D eigenvalue weighted by molar-refractivity contribution is 7.41. The van der Waals surface area contributed by atoms with E-state index in [2.05, 4.69) is 46.2 Å². The summed E-state index contributed by atoms with van der Waals surface area (Å²) >= 11 is 0. The lowest BCUT2D eigenvalue weighted by atomic mass is 10.3. The van der Waals surface area contributed by atoms with Crippen LogP contribution < -0.4 is 0 Å². The monoisotopic (exact) mass is 199 g/mol. The molecule has 0 aromatic heterocycles. The van der Waals surface area contributed by atoms with Crippen LogP contribution in [0, 0.1) is 0 Å². The van der Waals surface area contributed by atoms with E-state index in [4.69, 9.17) is 0 Å². The molecule has 0 aromatic carbocycles. The Bertz CT molecular complexity index is 196. The zero-order chi connectivity index (χ0) is 10.4. The van der Waals surface area contributed by atoms with Gasteiger partial charge in [0.2, 0.25) is 0 Å². The molecule has 1 unspecified atom stereocenters. The molecule has 0 radical (unpaired) electrons. The SMILES string of the molecule is C=C(C)C(C)=PC(C)N(C)CCC. The van der Waals surface area contributed by atoms with E-state index in [1.807, 2.05) is 0 Å². The van der Waals surface area contributed by atoms with Crippen molar-refractivity contribution in [1.82, 2.24) is 4.90 Å². The maximum absolute atomic E-state index is 3.95. The second-order valence-electron chi connectivity index (χ2n) is 3.61. The number of nitrogens with zero attached hydrogens (tertiary/aromatic N) is 1. The minimum Gasteiger partial charge on any atom is -0.296 e. The zero-order valence-corrected chi connectivity index (χ0v) is 10.5. The van der Waals surface area contributed by atoms with Crippen LogP contribution in [0.4, 0.5) is 0 Å². The lowest BCUT2D eigenvalue weighted by molar-refractivity contribution is 0.327. The first-order valence-electron chi connectivity index (χ1n) is 4.89.